The van der Waals surface area contributed by atoms with Crippen molar-refractivity contribution in [2.75, 3.05) is 31.1 Å². The first-order valence-corrected chi connectivity index (χ1v) is 6.28. The molecule has 0 aliphatic carbocycles. The third-order valence-corrected chi connectivity index (χ3v) is 3.20. The van der Waals surface area contributed by atoms with Gasteiger partial charge in [-0.05, 0) is 19.1 Å². The number of imidazole rings is 1. The van der Waals surface area contributed by atoms with E-state index in [4.69, 9.17) is 0 Å². The van der Waals surface area contributed by atoms with Crippen molar-refractivity contribution in [1.82, 2.24) is 20.3 Å². The number of piperazine rings is 1. The zero-order valence-corrected chi connectivity index (χ0v) is 10.5. The van der Waals surface area contributed by atoms with Crippen molar-refractivity contribution in [1.29, 1.82) is 0 Å². The molecule has 0 amide bonds. The van der Waals surface area contributed by atoms with Crippen molar-refractivity contribution in [3.05, 3.63) is 30.1 Å². The molecule has 18 heavy (non-hydrogen) atoms. The van der Waals surface area contributed by atoms with Crippen molar-refractivity contribution in [2.45, 2.75) is 6.92 Å². The van der Waals surface area contributed by atoms with Gasteiger partial charge < -0.3 is 15.2 Å². The summed E-state index contributed by atoms with van der Waals surface area (Å²) >= 11 is 0. The monoisotopic (exact) mass is 243 g/mol. The number of aromatic amines is 1. The van der Waals surface area contributed by atoms with E-state index in [1.54, 1.807) is 6.20 Å². The van der Waals surface area contributed by atoms with Crippen LogP contribution in [0.2, 0.25) is 0 Å². The average Bonchev–Trinajstić information content (AvgIpc) is 2.83. The maximum atomic E-state index is 4.68. The molecule has 2 aromatic rings. The van der Waals surface area contributed by atoms with Gasteiger partial charge in [0.1, 0.15) is 5.69 Å². The van der Waals surface area contributed by atoms with Crippen LogP contribution < -0.4 is 10.2 Å². The van der Waals surface area contributed by atoms with Gasteiger partial charge >= 0.3 is 0 Å². The van der Waals surface area contributed by atoms with Crippen LogP contribution in [0, 0.1) is 6.92 Å². The molecule has 1 aliphatic rings. The van der Waals surface area contributed by atoms with Crippen molar-refractivity contribution < 1.29 is 0 Å². The number of nitrogens with zero attached hydrogens (tertiary/aromatic N) is 3. The molecule has 0 atom stereocenters. The lowest BCUT2D eigenvalue weighted by molar-refractivity contribution is 0.581. The van der Waals surface area contributed by atoms with Crippen LogP contribution >= 0.6 is 0 Å². The van der Waals surface area contributed by atoms with Crippen LogP contribution in [0.25, 0.3) is 11.4 Å². The standard InChI is InChI=1S/C13H17N5/c1-10-12(11-4-2-3-5-15-11)17-13(16-10)18-8-6-14-7-9-18/h2-5,14H,6-9H2,1H3,(H,16,17). The summed E-state index contributed by atoms with van der Waals surface area (Å²) < 4.78 is 0. The molecule has 0 radical (unpaired) electrons. The molecule has 5 nitrogen and oxygen atoms in total. The summed E-state index contributed by atoms with van der Waals surface area (Å²) in [6.07, 6.45) is 1.80. The fraction of sp³-hybridized carbons (Fsp3) is 0.385. The quantitative estimate of drug-likeness (QED) is 0.832. The van der Waals surface area contributed by atoms with Gasteiger partial charge in [0.05, 0.1) is 5.69 Å². The first-order chi connectivity index (χ1) is 8.84. The molecule has 3 rings (SSSR count). The molecule has 0 spiro atoms. The second-order valence-electron chi connectivity index (χ2n) is 4.49. The number of anilines is 1. The van der Waals surface area contributed by atoms with Gasteiger partial charge in [0, 0.05) is 38.1 Å². The summed E-state index contributed by atoms with van der Waals surface area (Å²) in [5.74, 6) is 0.953. The highest BCUT2D eigenvalue weighted by atomic mass is 15.3. The van der Waals surface area contributed by atoms with E-state index in [9.17, 15) is 0 Å². The maximum absolute atomic E-state index is 4.68. The Morgan fingerprint density at radius 2 is 2.06 bits per heavy atom. The minimum absolute atomic E-state index is 0.924. The van der Waals surface area contributed by atoms with Gasteiger partial charge in [-0.2, -0.15) is 0 Å². The fourth-order valence-electron chi connectivity index (χ4n) is 2.22. The lowest BCUT2D eigenvalue weighted by atomic mass is 10.2. The van der Waals surface area contributed by atoms with Crippen LogP contribution in [-0.2, 0) is 0 Å². The Morgan fingerprint density at radius 3 is 2.78 bits per heavy atom. The molecule has 94 valence electrons. The van der Waals surface area contributed by atoms with E-state index in [0.29, 0.717) is 0 Å². The van der Waals surface area contributed by atoms with Crippen molar-refractivity contribution in [3.8, 4) is 11.4 Å². The topological polar surface area (TPSA) is 56.8 Å². The predicted molar refractivity (Wildman–Crippen MR) is 71.6 cm³/mol. The van der Waals surface area contributed by atoms with Gasteiger partial charge in [-0.25, -0.2) is 4.98 Å². The Kier molecular flexibility index (Phi) is 2.98. The molecule has 1 fully saturated rings. The molecule has 0 unspecified atom stereocenters. The minimum atomic E-state index is 0.924. The van der Waals surface area contributed by atoms with Gasteiger partial charge in [-0.15, -0.1) is 0 Å². The molecular formula is C13H17N5. The summed E-state index contributed by atoms with van der Waals surface area (Å²) in [6.45, 7) is 6.06. The number of aromatic nitrogens is 3. The van der Waals surface area contributed by atoms with Gasteiger partial charge in [0.15, 0.2) is 0 Å². The Morgan fingerprint density at radius 1 is 1.22 bits per heavy atom. The summed E-state index contributed by atoms with van der Waals surface area (Å²) in [4.78, 5) is 14.7. The lowest BCUT2D eigenvalue weighted by Gasteiger charge is -2.26. The third kappa shape index (κ3) is 2.09. The number of hydrogen-bond donors (Lipinski definition) is 2. The molecule has 1 saturated heterocycles. The van der Waals surface area contributed by atoms with Crippen LogP contribution in [-0.4, -0.2) is 41.1 Å². The minimum Gasteiger partial charge on any atom is -0.340 e. The van der Waals surface area contributed by atoms with E-state index >= 15 is 0 Å². The first kappa shape index (κ1) is 11.2. The van der Waals surface area contributed by atoms with Crippen molar-refractivity contribution in [2.24, 2.45) is 0 Å². The molecule has 1 aliphatic heterocycles. The van der Waals surface area contributed by atoms with E-state index < -0.39 is 0 Å². The lowest BCUT2D eigenvalue weighted by Crippen LogP contribution is -2.44. The molecule has 3 heterocycles. The molecule has 0 aromatic carbocycles. The first-order valence-electron chi connectivity index (χ1n) is 6.28. The summed E-state index contributed by atoms with van der Waals surface area (Å²) in [5.41, 5.74) is 2.94. The Labute approximate surface area is 106 Å². The normalized spacial score (nSPS) is 15.9. The zero-order chi connectivity index (χ0) is 12.4. The summed E-state index contributed by atoms with van der Waals surface area (Å²) in [5, 5.41) is 3.34. The van der Waals surface area contributed by atoms with E-state index in [2.05, 4.69) is 25.2 Å². The van der Waals surface area contributed by atoms with Gasteiger partial charge in [-0.1, -0.05) is 6.07 Å². The highest BCUT2D eigenvalue weighted by Gasteiger charge is 2.16. The van der Waals surface area contributed by atoms with Crippen molar-refractivity contribution in [3.63, 3.8) is 0 Å². The van der Waals surface area contributed by atoms with Gasteiger partial charge in [-0.3, -0.25) is 4.98 Å². The SMILES string of the molecule is Cc1[nH]c(N2CCNCC2)nc1-c1ccccn1. The zero-order valence-electron chi connectivity index (χ0n) is 10.5. The number of pyridine rings is 1. The van der Waals surface area contributed by atoms with Gasteiger partial charge in [0.25, 0.3) is 0 Å². The average molecular weight is 243 g/mol. The highest BCUT2D eigenvalue weighted by molar-refractivity contribution is 5.60. The Hall–Kier alpha value is -1.88. The largest absolute Gasteiger partial charge is 0.340 e. The number of aryl methyl sites for hydroxylation is 1. The molecule has 0 bridgehead atoms. The molecular weight excluding hydrogens is 226 g/mol. The predicted octanol–water partition coefficient (Wildman–Crippen LogP) is 1.19. The number of nitrogens with one attached hydrogen (secondary N) is 2. The van der Waals surface area contributed by atoms with Crippen molar-refractivity contribution >= 4 is 5.95 Å². The third-order valence-electron chi connectivity index (χ3n) is 3.20. The Balaban J connectivity index is 1.91. The smallest absolute Gasteiger partial charge is 0.203 e. The van der Waals surface area contributed by atoms with E-state index in [1.807, 2.05) is 25.1 Å². The fourth-order valence-corrected chi connectivity index (χ4v) is 2.22. The summed E-state index contributed by atoms with van der Waals surface area (Å²) in [6, 6.07) is 5.90. The van der Waals surface area contributed by atoms with E-state index in [-0.39, 0.29) is 0 Å². The molecule has 2 aromatic heterocycles. The molecule has 5 heteroatoms. The Bertz CT molecular complexity index is 513. The van der Waals surface area contributed by atoms with Crippen LogP contribution in [0.3, 0.4) is 0 Å². The second-order valence-corrected chi connectivity index (χ2v) is 4.49. The molecule has 2 N–H and O–H groups in total. The summed E-state index contributed by atoms with van der Waals surface area (Å²) in [7, 11) is 0. The van der Waals surface area contributed by atoms with Crippen LogP contribution in [0.5, 0.6) is 0 Å². The number of rotatable bonds is 2. The van der Waals surface area contributed by atoms with Crippen LogP contribution in [0.1, 0.15) is 5.69 Å². The second kappa shape index (κ2) is 4.78. The highest BCUT2D eigenvalue weighted by Crippen LogP contribution is 2.22. The van der Waals surface area contributed by atoms with E-state index in [1.165, 1.54) is 0 Å². The van der Waals surface area contributed by atoms with Crippen LogP contribution in [0.15, 0.2) is 24.4 Å². The van der Waals surface area contributed by atoms with Crippen LogP contribution in [0.4, 0.5) is 5.95 Å². The van der Waals surface area contributed by atoms with Gasteiger partial charge in [0.2, 0.25) is 5.95 Å². The maximum Gasteiger partial charge on any atom is 0.203 e. The van der Waals surface area contributed by atoms with E-state index in [0.717, 1.165) is 49.2 Å². The molecule has 0 saturated carbocycles. The number of hydrogen-bond acceptors (Lipinski definition) is 4. The number of H-pyrrole nitrogens is 1.